The lowest BCUT2D eigenvalue weighted by Crippen LogP contribution is -2.63. The van der Waals surface area contributed by atoms with E-state index in [0.717, 1.165) is 25.7 Å². The third-order valence-electron chi connectivity index (χ3n) is 7.31. The molecule has 4 aliphatic carbocycles. The largest absolute Gasteiger partial charge is 0.330 e. The van der Waals surface area contributed by atoms with Crippen molar-refractivity contribution in [3.05, 3.63) is 46.0 Å². The maximum atomic E-state index is 11.1. The van der Waals surface area contributed by atoms with Crippen LogP contribution in [0.15, 0.2) is 30.3 Å². The summed E-state index contributed by atoms with van der Waals surface area (Å²) in [6.45, 7) is 2.69. The predicted molar refractivity (Wildman–Crippen MR) is 95.4 cm³/mol. The number of hydrogen-bond acceptors (Lipinski definition) is 4. The second kappa shape index (κ2) is 5.70. The average Bonchev–Trinajstić information content (AvgIpc) is 2.59. The van der Waals surface area contributed by atoms with Crippen LogP contribution in [0.5, 0.6) is 0 Å². The van der Waals surface area contributed by atoms with Gasteiger partial charge in [-0.25, -0.2) is 0 Å². The zero-order chi connectivity index (χ0) is 17.7. The molecule has 5 unspecified atom stereocenters. The van der Waals surface area contributed by atoms with Crippen LogP contribution in [0.1, 0.15) is 57.4 Å². The minimum atomic E-state index is -0.586. The molecule has 0 aliphatic heterocycles. The van der Waals surface area contributed by atoms with Crippen molar-refractivity contribution in [3.8, 4) is 0 Å². The van der Waals surface area contributed by atoms with Crippen molar-refractivity contribution in [2.45, 2.75) is 63.4 Å². The molecular formula is C20H28N2O3. The van der Waals surface area contributed by atoms with E-state index < -0.39 is 5.09 Å². The Kier molecular flexibility index (Phi) is 3.83. The van der Waals surface area contributed by atoms with Gasteiger partial charge in [0.15, 0.2) is 0 Å². The van der Waals surface area contributed by atoms with Crippen LogP contribution in [-0.2, 0) is 10.3 Å². The summed E-state index contributed by atoms with van der Waals surface area (Å²) in [4.78, 5) is 16.4. The Morgan fingerprint density at radius 1 is 1.24 bits per heavy atom. The third kappa shape index (κ3) is 2.55. The first kappa shape index (κ1) is 16.8. The molecule has 0 saturated heterocycles. The molecule has 0 heterocycles. The van der Waals surface area contributed by atoms with Crippen LogP contribution in [0.25, 0.3) is 0 Å². The standard InChI is InChI=1S/C20H28N2O3/c1-2-17(25-22(23)24)20-10-15-8-18(12-20,14-21)11-19(9-15,13-20)16-6-4-3-5-7-16/h3-7,15,17H,2,8-14,21H2,1H3. The normalized spacial score (nSPS) is 40.0. The number of nitrogens with zero attached hydrogens (tertiary/aromatic N) is 1. The van der Waals surface area contributed by atoms with Crippen LogP contribution in [-0.4, -0.2) is 17.7 Å². The second-order valence-corrected chi connectivity index (χ2v) is 8.95. The van der Waals surface area contributed by atoms with E-state index >= 15 is 0 Å². The van der Waals surface area contributed by atoms with E-state index in [9.17, 15) is 10.1 Å². The Morgan fingerprint density at radius 2 is 2.00 bits per heavy atom. The van der Waals surface area contributed by atoms with Gasteiger partial charge in [0.1, 0.15) is 6.10 Å². The van der Waals surface area contributed by atoms with Crippen LogP contribution >= 0.6 is 0 Å². The highest BCUT2D eigenvalue weighted by molar-refractivity contribution is 5.32. The van der Waals surface area contributed by atoms with Gasteiger partial charge in [0.25, 0.3) is 5.09 Å². The van der Waals surface area contributed by atoms with E-state index in [1.807, 2.05) is 6.92 Å². The Labute approximate surface area is 149 Å². The van der Waals surface area contributed by atoms with Crippen molar-refractivity contribution >= 4 is 0 Å². The molecule has 5 nitrogen and oxygen atoms in total. The van der Waals surface area contributed by atoms with Gasteiger partial charge in [-0.2, -0.15) is 0 Å². The molecule has 1 aromatic rings. The molecule has 136 valence electrons. The van der Waals surface area contributed by atoms with Gasteiger partial charge in [-0.15, -0.1) is 10.1 Å². The average molecular weight is 344 g/mol. The van der Waals surface area contributed by atoms with Crippen molar-refractivity contribution in [2.75, 3.05) is 6.54 Å². The smallest absolute Gasteiger partial charge is 0.294 e. The minimum absolute atomic E-state index is 0.105. The molecule has 5 rings (SSSR count). The summed E-state index contributed by atoms with van der Waals surface area (Å²) in [5.74, 6) is 0.601. The zero-order valence-corrected chi connectivity index (χ0v) is 14.9. The van der Waals surface area contributed by atoms with E-state index in [4.69, 9.17) is 10.6 Å². The van der Waals surface area contributed by atoms with Gasteiger partial charge >= 0.3 is 0 Å². The molecule has 5 atom stereocenters. The van der Waals surface area contributed by atoms with Crippen LogP contribution in [0.2, 0.25) is 0 Å². The van der Waals surface area contributed by atoms with Crippen molar-refractivity contribution in [1.29, 1.82) is 0 Å². The van der Waals surface area contributed by atoms with Crippen molar-refractivity contribution < 1.29 is 9.92 Å². The quantitative estimate of drug-likeness (QED) is 0.628. The van der Waals surface area contributed by atoms with Crippen molar-refractivity contribution in [2.24, 2.45) is 22.5 Å². The first-order valence-electron chi connectivity index (χ1n) is 9.52. The molecule has 0 amide bonds. The van der Waals surface area contributed by atoms with Gasteiger partial charge in [0.2, 0.25) is 0 Å². The van der Waals surface area contributed by atoms with E-state index in [0.29, 0.717) is 18.9 Å². The van der Waals surface area contributed by atoms with E-state index in [1.165, 1.54) is 18.4 Å². The Balaban J connectivity index is 1.78. The predicted octanol–water partition coefficient (Wildman–Crippen LogP) is 3.84. The van der Waals surface area contributed by atoms with Crippen LogP contribution in [0, 0.1) is 26.9 Å². The first-order chi connectivity index (χ1) is 11.9. The van der Waals surface area contributed by atoms with E-state index in [1.54, 1.807) is 0 Å². The molecule has 0 spiro atoms. The Morgan fingerprint density at radius 3 is 2.64 bits per heavy atom. The van der Waals surface area contributed by atoms with Gasteiger partial charge in [-0.3, -0.25) is 0 Å². The summed E-state index contributed by atoms with van der Waals surface area (Å²) in [6, 6.07) is 10.8. The van der Waals surface area contributed by atoms with Crippen LogP contribution in [0.4, 0.5) is 0 Å². The molecule has 5 heteroatoms. The SMILES string of the molecule is CCC(O[N+](=O)[O-])C12CC3CC(CN)(CC(c4ccccc4)(C3)C1)C2. The highest BCUT2D eigenvalue weighted by atomic mass is 17.0. The Bertz CT molecular complexity index is 666. The molecule has 25 heavy (non-hydrogen) atoms. The van der Waals surface area contributed by atoms with E-state index in [-0.39, 0.29) is 22.3 Å². The maximum absolute atomic E-state index is 11.1. The summed E-state index contributed by atoms with van der Waals surface area (Å²) >= 11 is 0. The second-order valence-electron chi connectivity index (χ2n) is 8.95. The van der Waals surface area contributed by atoms with Crippen molar-refractivity contribution in [1.82, 2.24) is 0 Å². The summed E-state index contributed by atoms with van der Waals surface area (Å²) in [5, 5.41) is 10.5. The highest BCUT2D eigenvalue weighted by Crippen LogP contribution is 2.71. The van der Waals surface area contributed by atoms with Gasteiger partial charge < -0.3 is 10.6 Å². The van der Waals surface area contributed by atoms with Gasteiger partial charge in [0.05, 0.1) is 0 Å². The molecule has 4 fully saturated rings. The molecule has 4 bridgehead atoms. The molecule has 0 radical (unpaired) electrons. The first-order valence-corrected chi connectivity index (χ1v) is 9.52. The minimum Gasteiger partial charge on any atom is -0.330 e. The summed E-state index contributed by atoms with van der Waals surface area (Å²) < 4.78 is 0. The fraction of sp³-hybridized carbons (Fsp3) is 0.700. The summed E-state index contributed by atoms with van der Waals surface area (Å²) in [7, 11) is 0. The number of hydrogen-bond donors (Lipinski definition) is 1. The Hall–Kier alpha value is -1.62. The lowest BCUT2D eigenvalue weighted by atomic mass is 9.37. The molecule has 2 N–H and O–H groups in total. The fourth-order valence-electron chi connectivity index (χ4n) is 7.14. The topological polar surface area (TPSA) is 78.4 Å². The van der Waals surface area contributed by atoms with Crippen LogP contribution < -0.4 is 5.73 Å². The lowest BCUT2D eigenvalue weighted by molar-refractivity contribution is -0.773. The van der Waals surface area contributed by atoms with Gasteiger partial charge in [0, 0.05) is 0 Å². The molecule has 4 aliphatic rings. The summed E-state index contributed by atoms with van der Waals surface area (Å²) in [6.07, 6.45) is 6.87. The van der Waals surface area contributed by atoms with E-state index in [2.05, 4.69) is 30.3 Å². The molecule has 1 aromatic carbocycles. The molecule has 4 saturated carbocycles. The summed E-state index contributed by atoms with van der Waals surface area (Å²) in [5.41, 5.74) is 7.78. The number of nitrogens with two attached hydrogens (primary N) is 1. The van der Waals surface area contributed by atoms with Gasteiger partial charge in [-0.1, -0.05) is 37.3 Å². The zero-order valence-electron chi connectivity index (χ0n) is 14.9. The molecular weight excluding hydrogens is 316 g/mol. The van der Waals surface area contributed by atoms with Crippen LogP contribution in [0.3, 0.4) is 0 Å². The maximum Gasteiger partial charge on any atom is 0.294 e. The number of benzene rings is 1. The molecule has 0 aromatic heterocycles. The number of rotatable bonds is 6. The fourth-order valence-corrected chi connectivity index (χ4v) is 7.14. The van der Waals surface area contributed by atoms with Crippen molar-refractivity contribution in [3.63, 3.8) is 0 Å². The third-order valence-corrected chi connectivity index (χ3v) is 7.31. The van der Waals surface area contributed by atoms with Gasteiger partial charge in [-0.05, 0) is 79.2 Å². The monoisotopic (exact) mass is 344 g/mol. The lowest BCUT2D eigenvalue weighted by Gasteiger charge is -2.68. The highest BCUT2D eigenvalue weighted by Gasteiger charge is 2.65.